The summed E-state index contributed by atoms with van der Waals surface area (Å²) < 4.78 is 0. The Balaban J connectivity index is 2.05. The molecule has 0 aliphatic carbocycles. The maximum atomic E-state index is 9.18. The molecule has 0 aliphatic heterocycles. The van der Waals surface area contributed by atoms with Crippen molar-refractivity contribution in [2.75, 3.05) is 5.32 Å². The molecular weight excluding hydrogens is 198 g/mol. The molecule has 2 aromatic rings. The molecule has 0 fully saturated rings. The van der Waals surface area contributed by atoms with Crippen molar-refractivity contribution in [1.82, 2.24) is 0 Å². The van der Waals surface area contributed by atoms with Gasteiger partial charge in [0.1, 0.15) is 0 Å². The van der Waals surface area contributed by atoms with Crippen LogP contribution in [0.5, 0.6) is 0 Å². The van der Waals surface area contributed by atoms with Crippen LogP contribution in [-0.4, -0.2) is 5.11 Å². The predicted molar refractivity (Wildman–Crippen MR) is 66.1 cm³/mol. The molecule has 0 aromatic heterocycles. The lowest BCUT2D eigenvalue weighted by atomic mass is 10.1. The first-order chi connectivity index (χ1) is 7.90. The quantitative estimate of drug-likeness (QED) is 0.818. The smallest absolute Gasteiger partial charge is 0.0701 e. The maximum Gasteiger partial charge on any atom is 0.0701 e. The minimum atomic E-state index is 0.0674. The van der Waals surface area contributed by atoms with Crippen LogP contribution >= 0.6 is 0 Å². The van der Waals surface area contributed by atoms with E-state index >= 15 is 0 Å². The predicted octanol–water partition coefficient (Wildman–Crippen LogP) is 2.79. The van der Waals surface area contributed by atoms with Crippen LogP contribution in [-0.2, 0) is 13.2 Å². The van der Waals surface area contributed by atoms with Crippen LogP contribution in [0.3, 0.4) is 0 Å². The lowest BCUT2D eigenvalue weighted by Crippen LogP contribution is -2.02. The van der Waals surface area contributed by atoms with Crippen LogP contribution in [0.15, 0.2) is 54.6 Å². The number of para-hydroxylation sites is 1. The van der Waals surface area contributed by atoms with Crippen molar-refractivity contribution in [3.05, 3.63) is 65.7 Å². The summed E-state index contributed by atoms with van der Waals surface area (Å²) in [6, 6.07) is 18.0. The summed E-state index contributed by atoms with van der Waals surface area (Å²) in [6.07, 6.45) is 0. The van der Waals surface area contributed by atoms with Crippen molar-refractivity contribution in [2.45, 2.75) is 13.2 Å². The van der Waals surface area contributed by atoms with Crippen molar-refractivity contribution < 1.29 is 5.11 Å². The normalized spacial score (nSPS) is 10.1. The molecule has 0 heterocycles. The number of hydrogen-bond acceptors (Lipinski definition) is 2. The van der Waals surface area contributed by atoms with E-state index < -0.39 is 0 Å². The molecule has 2 N–H and O–H groups in total. The number of aliphatic hydroxyl groups excluding tert-OH is 1. The van der Waals surface area contributed by atoms with Crippen molar-refractivity contribution >= 4 is 5.69 Å². The third-order valence-corrected chi connectivity index (χ3v) is 2.51. The lowest BCUT2D eigenvalue weighted by molar-refractivity contribution is 0.282. The van der Waals surface area contributed by atoms with E-state index in [1.54, 1.807) is 0 Å². The van der Waals surface area contributed by atoms with E-state index in [1.807, 2.05) is 42.5 Å². The SMILES string of the molecule is OCc1ccccc1NCc1ccccc1. The van der Waals surface area contributed by atoms with Gasteiger partial charge in [0, 0.05) is 17.8 Å². The number of benzene rings is 2. The number of hydrogen-bond donors (Lipinski definition) is 2. The van der Waals surface area contributed by atoms with Crippen LogP contribution in [0, 0.1) is 0 Å². The summed E-state index contributed by atoms with van der Waals surface area (Å²) in [5.74, 6) is 0. The van der Waals surface area contributed by atoms with E-state index in [4.69, 9.17) is 0 Å². The Bertz CT molecular complexity index is 439. The maximum absolute atomic E-state index is 9.18. The molecule has 2 heteroatoms. The Morgan fingerprint density at radius 2 is 1.56 bits per heavy atom. The van der Waals surface area contributed by atoms with E-state index in [9.17, 15) is 5.11 Å². The molecule has 0 saturated heterocycles. The Labute approximate surface area is 95.6 Å². The largest absolute Gasteiger partial charge is 0.392 e. The molecule has 82 valence electrons. The Morgan fingerprint density at radius 3 is 2.31 bits per heavy atom. The minimum absolute atomic E-state index is 0.0674. The molecule has 0 amide bonds. The molecule has 0 aliphatic rings. The van der Waals surface area contributed by atoms with Gasteiger partial charge in [-0.25, -0.2) is 0 Å². The highest BCUT2D eigenvalue weighted by Gasteiger charge is 1.99. The topological polar surface area (TPSA) is 32.3 Å². The summed E-state index contributed by atoms with van der Waals surface area (Å²) in [7, 11) is 0. The first-order valence-electron chi connectivity index (χ1n) is 5.36. The Kier molecular flexibility index (Phi) is 3.57. The first-order valence-corrected chi connectivity index (χ1v) is 5.36. The summed E-state index contributed by atoms with van der Waals surface area (Å²) in [5, 5.41) is 12.5. The molecule has 0 radical (unpaired) electrons. The van der Waals surface area contributed by atoms with Crippen LogP contribution in [0.25, 0.3) is 0 Å². The van der Waals surface area contributed by atoms with E-state index in [0.29, 0.717) is 0 Å². The van der Waals surface area contributed by atoms with Crippen molar-refractivity contribution in [3.63, 3.8) is 0 Å². The van der Waals surface area contributed by atoms with Crippen molar-refractivity contribution in [2.24, 2.45) is 0 Å². The van der Waals surface area contributed by atoms with Gasteiger partial charge in [-0.05, 0) is 11.6 Å². The van der Waals surface area contributed by atoms with Gasteiger partial charge in [0.15, 0.2) is 0 Å². The van der Waals surface area contributed by atoms with E-state index in [0.717, 1.165) is 17.8 Å². The molecule has 0 bridgehead atoms. The highest BCUT2D eigenvalue weighted by molar-refractivity contribution is 5.51. The van der Waals surface area contributed by atoms with Crippen LogP contribution in [0.1, 0.15) is 11.1 Å². The monoisotopic (exact) mass is 213 g/mol. The van der Waals surface area contributed by atoms with Gasteiger partial charge in [0.2, 0.25) is 0 Å². The van der Waals surface area contributed by atoms with Gasteiger partial charge in [0.25, 0.3) is 0 Å². The second-order valence-electron chi connectivity index (χ2n) is 3.65. The average molecular weight is 213 g/mol. The molecule has 0 saturated carbocycles. The summed E-state index contributed by atoms with van der Waals surface area (Å²) in [5.41, 5.74) is 3.16. The Morgan fingerprint density at radius 1 is 0.875 bits per heavy atom. The van der Waals surface area contributed by atoms with Gasteiger partial charge in [0.05, 0.1) is 6.61 Å². The van der Waals surface area contributed by atoms with Gasteiger partial charge in [-0.1, -0.05) is 48.5 Å². The van der Waals surface area contributed by atoms with E-state index in [-0.39, 0.29) is 6.61 Å². The molecule has 2 rings (SSSR count). The number of rotatable bonds is 4. The molecule has 0 spiro atoms. The third kappa shape index (κ3) is 2.61. The van der Waals surface area contributed by atoms with Crippen molar-refractivity contribution in [1.29, 1.82) is 0 Å². The minimum Gasteiger partial charge on any atom is -0.392 e. The van der Waals surface area contributed by atoms with Gasteiger partial charge in [-0.15, -0.1) is 0 Å². The van der Waals surface area contributed by atoms with E-state index in [2.05, 4.69) is 17.4 Å². The summed E-state index contributed by atoms with van der Waals surface area (Å²) >= 11 is 0. The first kappa shape index (κ1) is 10.7. The lowest BCUT2D eigenvalue weighted by Gasteiger charge is -2.10. The molecule has 2 nitrogen and oxygen atoms in total. The molecule has 2 aromatic carbocycles. The zero-order valence-electron chi connectivity index (χ0n) is 9.06. The highest BCUT2D eigenvalue weighted by Crippen LogP contribution is 2.15. The van der Waals surface area contributed by atoms with Gasteiger partial charge < -0.3 is 10.4 Å². The zero-order chi connectivity index (χ0) is 11.2. The Hall–Kier alpha value is -1.80. The average Bonchev–Trinajstić information content (AvgIpc) is 2.38. The molecule has 16 heavy (non-hydrogen) atoms. The molecule has 0 atom stereocenters. The fraction of sp³-hybridized carbons (Fsp3) is 0.143. The number of anilines is 1. The van der Waals surface area contributed by atoms with Crippen LogP contribution in [0.4, 0.5) is 5.69 Å². The van der Waals surface area contributed by atoms with Crippen molar-refractivity contribution in [3.8, 4) is 0 Å². The van der Waals surface area contributed by atoms with Gasteiger partial charge >= 0.3 is 0 Å². The van der Waals surface area contributed by atoms with E-state index in [1.165, 1.54) is 5.56 Å². The highest BCUT2D eigenvalue weighted by atomic mass is 16.3. The third-order valence-electron chi connectivity index (χ3n) is 2.51. The van der Waals surface area contributed by atoms with Gasteiger partial charge in [-0.3, -0.25) is 0 Å². The van der Waals surface area contributed by atoms with Crippen LogP contribution in [0.2, 0.25) is 0 Å². The molecule has 0 unspecified atom stereocenters. The summed E-state index contributed by atoms with van der Waals surface area (Å²) in [6.45, 7) is 0.843. The summed E-state index contributed by atoms with van der Waals surface area (Å²) in [4.78, 5) is 0. The second kappa shape index (κ2) is 5.33. The number of nitrogens with one attached hydrogen (secondary N) is 1. The zero-order valence-corrected chi connectivity index (χ0v) is 9.06. The fourth-order valence-electron chi connectivity index (χ4n) is 1.62. The second-order valence-corrected chi connectivity index (χ2v) is 3.65. The standard InChI is InChI=1S/C14H15NO/c16-11-13-8-4-5-9-14(13)15-10-12-6-2-1-3-7-12/h1-9,15-16H,10-11H2. The number of aliphatic hydroxyl groups is 1. The molecular formula is C14H15NO. The fourth-order valence-corrected chi connectivity index (χ4v) is 1.62. The van der Waals surface area contributed by atoms with Gasteiger partial charge in [-0.2, -0.15) is 0 Å². The van der Waals surface area contributed by atoms with Crippen LogP contribution < -0.4 is 5.32 Å².